The Balaban J connectivity index is 2.77. The van der Waals surface area contributed by atoms with Crippen LogP contribution in [0.25, 0.3) is 0 Å². The summed E-state index contributed by atoms with van der Waals surface area (Å²) in [5.41, 5.74) is 2.30. The molecule has 0 aliphatic heterocycles. The molecule has 0 radical (unpaired) electrons. The predicted molar refractivity (Wildman–Crippen MR) is 52.8 cm³/mol. The van der Waals surface area contributed by atoms with E-state index in [1.54, 1.807) is 0 Å². The third-order valence-electron chi connectivity index (χ3n) is 1.82. The maximum absolute atomic E-state index is 9.27. The average Bonchev–Trinajstić information content (AvgIpc) is 2.02. The Labute approximate surface area is 79.2 Å². The maximum atomic E-state index is 9.27. The van der Waals surface area contributed by atoms with Crippen molar-refractivity contribution in [3.63, 3.8) is 0 Å². The fraction of sp³-hybridized carbons (Fsp3) is 0.455. The maximum Gasteiger partial charge on any atom is 0.197 e. The normalized spacial score (nSPS) is 12.6. The van der Waals surface area contributed by atoms with Crippen LogP contribution in [-0.4, -0.2) is 11.4 Å². The van der Waals surface area contributed by atoms with Gasteiger partial charge in [-0.2, -0.15) is 0 Å². The van der Waals surface area contributed by atoms with Gasteiger partial charge in [-0.25, -0.2) is 0 Å². The molecule has 0 fully saturated rings. The number of rotatable bonds is 3. The summed E-state index contributed by atoms with van der Waals surface area (Å²) in [6, 6.07) is 5.92. The van der Waals surface area contributed by atoms with Crippen molar-refractivity contribution in [2.75, 3.05) is 0 Å². The minimum atomic E-state index is -0.693. The Bertz CT molecular complexity index is 261. The molecule has 1 rings (SSSR count). The molecule has 72 valence electrons. The molecule has 1 unspecified atom stereocenters. The summed E-state index contributed by atoms with van der Waals surface area (Å²) in [6.45, 7) is 5.91. The van der Waals surface area contributed by atoms with E-state index in [9.17, 15) is 5.11 Å². The molecule has 1 aromatic carbocycles. The highest BCUT2D eigenvalue weighted by atomic mass is 16.6. The van der Waals surface area contributed by atoms with Crippen LogP contribution < -0.4 is 4.74 Å². The van der Waals surface area contributed by atoms with E-state index >= 15 is 0 Å². The molecule has 1 N–H and O–H groups in total. The van der Waals surface area contributed by atoms with E-state index in [0.29, 0.717) is 6.42 Å². The summed E-state index contributed by atoms with van der Waals surface area (Å²) in [5.74, 6) is 0.742. The Kier molecular flexibility index (Phi) is 3.32. The lowest BCUT2D eigenvalue weighted by Gasteiger charge is -2.12. The summed E-state index contributed by atoms with van der Waals surface area (Å²) in [5, 5.41) is 9.27. The minimum Gasteiger partial charge on any atom is -0.465 e. The molecule has 0 amide bonds. The van der Waals surface area contributed by atoms with Crippen LogP contribution in [0.3, 0.4) is 0 Å². The van der Waals surface area contributed by atoms with Crippen LogP contribution in [-0.2, 0) is 0 Å². The van der Waals surface area contributed by atoms with Gasteiger partial charge in [0.2, 0.25) is 0 Å². The van der Waals surface area contributed by atoms with E-state index in [1.165, 1.54) is 0 Å². The van der Waals surface area contributed by atoms with Gasteiger partial charge in [0.1, 0.15) is 5.75 Å². The van der Waals surface area contributed by atoms with Crippen LogP contribution in [0.4, 0.5) is 0 Å². The number of hydrogen-bond donors (Lipinski definition) is 1. The highest BCUT2D eigenvalue weighted by molar-refractivity contribution is 5.32. The summed E-state index contributed by atoms with van der Waals surface area (Å²) < 4.78 is 5.28. The third kappa shape index (κ3) is 3.07. The van der Waals surface area contributed by atoms with Gasteiger partial charge < -0.3 is 9.84 Å². The van der Waals surface area contributed by atoms with Gasteiger partial charge in [0.05, 0.1) is 0 Å². The van der Waals surface area contributed by atoms with Crippen molar-refractivity contribution in [2.45, 2.75) is 33.5 Å². The van der Waals surface area contributed by atoms with Crippen molar-refractivity contribution >= 4 is 0 Å². The number of benzene rings is 1. The van der Waals surface area contributed by atoms with E-state index in [-0.39, 0.29) is 0 Å². The van der Waals surface area contributed by atoms with Gasteiger partial charge in [-0.15, -0.1) is 0 Å². The van der Waals surface area contributed by atoms with Gasteiger partial charge in [-0.3, -0.25) is 0 Å². The second-order valence-corrected chi connectivity index (χ2v) is 3.30. The van der Waals surface area contributed by atoms with E-state index in [0.717, 1.165) is 16.9 Å². The Morgan fingerprint density at radius 3 is 2.23 bits per heavy atom. The molecule has 0 aliphatic carbocycles. The van der Waals surface area contributed by atoms with Crippen LogP contribution >= 0.6 is 0 Å². The first kappa shape index (κ1) is 10.1. The van der Waals surface area contributed by atoms with Crippen molar-refractivity contribution in [3.05, 3.63) is 29.3 Å². The SMILES string of the molecule is CCC(O)Oc1cc(C)cc(C)c1. The topological polar surface area (TPSA) is 29.5 Å². The summed E-state index contributed by atoms with van der Waals surface area (Å²) in [7, 11) is 0. The Morgan fingerprint density at radius 2 is 1.77 bits per heavy atom. The van der Waals surface area contributed by atoms with Crippen LogP contribution in [0.1, 0.15) is 24.5 Å². The molecule has 2 nitrogen and oxygen atoms in total. The lowest BCUT2D eigenvalue weighted by Crippen LogP contribution is -2.13. The zero-order valence-corrected chi connectivity index (χ0v) is 8.37. The molecule has 0 spiro atoms. The fourth-order valence-corrected chi connectivity index (χ4v) is 1.24. The molecular weight excluding hydrogens is 164 g/mol. The van der Waals surface area contributed by atoms with Gasteiger partial charge in [-0.1, -0.05) is 13.0 Å². The van der Waals surface area contributed by atoms with Crippen LogP contribution in [0, 0.1) is 13.8 Å². The van der Waals surface area contributed by atoms with Crippen LogP contribution in [0.15, 0.2) is 18.2 Å². The second-order valence-electron chi connectivity index (χ2n) is 3.30. The Morgan fingerprint density at radius 1 is 1.23 bits per heavy atom. The molecular formula is C11H16O2. The average molecular weight is 180 g/mol. The smallest absolute Gasteiger partial charge is 0.197 e. The monoisotopic (exact) mass is 180 g/mol. The molecule has 0 aliphatic rings. The fourth-order valence-electron chi connectivity index (χ4n) is 1.24. The lowest BCUT2D eigenvalue weighted by atomic mass is 10.1. The number of hydrogen-bond acceptors (Lipinski definition) is 2. The van der Waals surface area contributed by atoms with Gasteiger partial charge in [-0.05, 0) is 37.1 Å². The summed E-state index contributed by atoms with van der Waals surface area (Å²) in [6.07, 6.45) is -0.0892. The second kappa shape index (κ2) is 4.28. The van der Waals surface area contributed by atoms with E-state index in [1.807, 2.05) is 32.9 Å². The summed E-state index contributed by atoms with van der Waals surface area (Å²) in [4.78, 5) is 0. The van der Waals surface area contributed by atoms with E-state index in [2.05, 4.69) is 6.07 Å². The molecule has 13 heavy (non-hydrogen) atoms. The predicted octanol–water partition coefficient (Wildman–Crippen LogP) is 2.41. The molecule has 0 heterocycles. The summed E-state index contributed by atoms with van der Waals surface area (Å²) >= 11 is 0. The van der Waals surface area contributed by atoms with E-state index < -0.39 is 6.29 Å². The van der Waals surface area contributed by atoms with Crippen LogP contribution in [0.5, 0.6) is 5.75 Å². The van der Waals surface area contributed by atoms with Crippen molar-refractivity contribution in [2.24, 2.45) is 0 Å². The standard InChI is InChI=1S/C11H16O2/c1-4-11(12)13-10-6-8(2)5-9(3)7-10/h5-7,11-12H,4H2,1-3H3. The van der Waals surface area contributed by atoms with Gasteiger partial charge >= 0.3 is 0 Å². The lowest BCUT2D eigenvalue weighted by molar-refractivity contribution is -0.0191. The largest absolute Gasteiger partial charge is 0.465 e. The number of aliphatic hydroxyl groups excluding tert-OH is 1. The van der Waals surface area contributed by atoms with Crippen molar-refractivity contribution in [1.29, 1.82) is 0 Å². The third-order valence-corrected chi connectivity index (χ3v) is 1.82. The molecule has 0 bridgehead atoms. The first-order valence-electron chi connectivity index (χ1n) is 4.55. The van der Waals surface area contributed by atoms with Gasteiger partial charge in [0, 0.05) is 6.42 Å². The van der Waals surface area contributed by atoms with Gasteiger partial charge in [0.15, 0.2) is 6.29 Å². The molecule has 0 saturated heterocycles. The van der Waals surface area contributed by atoms with Crippen molar-refractivity contribution < 1.29 is 9.84 Å². The first-order chi connectivity index (χ1) is 6.11. The van der Waals surface area contributed by atoms with E-state index in [4.69, 9.17) is 4.74 Å². The number of aryl methyl sites for hydroxylation is 2. The molecule has 0 aromatic heterocycles. The molecule has 0 saturated carbocycles. The Hall–Kier alpha value is -1.02. The minimum absolute atomic E-state index is 0.604. The molecule has 1 aromatic rings. The highest BCUT2D eigenvalue weighted by Gasteiger charge is 2.02. The zero-order valence-electron chi connectivity index (χ0n) is 8.37. The highest BCUT2D eigenvalue weighted by Crippen LogP contribution is 2.17. The van der Waals surface area contributed by atoms with Crippen molar-refractivity contribution in [1.82, 2.24) is 0 Å². The van der Waals surface area contributed by atoms with Crippen LogP contribution in [0.2, 0.25) is 0 Å². The molecule has 2 heteroatoms. The zero-order chi connectivity index (χ0) is 9.84. The number of ether oxygens (including phenoxy) is 1. The van der Waals surface area contributed by atoms with Crippen molar-refractivity contribution in [3.8, 4) is 5.75 Å². The van der Waals surface area contributed by atoms with Gasteiger partial charge in [0.25, 0.3) is 0 Å². The number of aliphatic hydroxyl groups is 1. The molecule has 1 atom stereocenters. The first-order valence-corrected chi connectivity index (χ1v) is 4.55. The quantitative estimate of drug-likeness (QED) is 0.724.